The molecule has 1 atom stereocenters. The van der Waals surface area contributed by atoms with E-state index in [1.165, 1.54) is 38.8 Å². The van der Waals surface area contributed by atoms with Crippen LogP contribution in [0.1, 0.15) is 32.6 Å². The Morgan fingerprint density at radius 3 is 2.27 bits per heavy atom. The zero-order chi connectivity index (χ0) is 7.90. The predicted octanol–water partition coefficient (Wildman–Crippen LogP) is 0.962. The second-order valence-electron chi connectivity index (χ2n) is 4.15. The van der Waals surface area contributed by atoms with Gasteiger partial charge in [-0.25, -0.2) is 0 Å². The highest BCUT2D eigenvalue weighted by molar-refractivity contribution is 5.07. The Morgan fingerprint density at radius 2 is 1.82 bits per heavy atom. The number of rotatable bonds is 2. The molecule has 2 nitrogen and oxygen atoms in total. The minimum absolute atomic E-state index is 0.199. The van der Waals surface area contributed by atoms with Crippen LogP contribution in [0.4, 0.5) is 0 Å². The van der Waals surface area contributed by atoms with Gasteiger partial charge >= 0.3 is 0 Å². The Hall–Kier alpha value is -0.0800. The maximum atomic E-state index is 6.13. The summed E-state index contributed by atoms with van der Waals surface area (Å²) in [5.41, 5.74) is 6.33. The lowest BCUT2D eigenvalue weighted by molar-refractivity contribution is 0.217. The SMILES string of the molecule is CC(N1CCCC1)C1(N)CC1. The summed E-state index contributed by atoms with van der Waals surface area (Å²) < 4.78 is 0. The predicted molar refractivity (Wildman–Crippen MR) is 46.4 cm³/mol. The molecule has 1 unspecified atom stereocenters. The molecule has 2 heteroatoms. The van der Waals surface area contributed by atoms with Crippen LogP contribution in [0, 0.1) is 0 Å². The van der Waals surface area contributed by atoms with Gasteiger partial charge in [0.1, 0.15) is 0 Å². The fourth-order valence-corrected chi connectivity index (χ4v) is 2.05. The van der Waals surface area contributed by atoms with Gasteiger partial charge in [-0.15, -0.1) is 0 Å². The van der Waals surface area contributed by atoms with Crippen LogP contribution in [0.2, 0.25) is 0 Å². The maximum Gasteiger partial charge on any atom is 0.0310 e. The molecule has 2 rings (SSSR count). The molecule has 0 bridgehead atoms. The fourth-order valence-electron chi connectivity index (χ4n) is 2.05. The standard InChI is InChI=1S/C9H18N2/c1-8(9(10)4-5-9)11-6-2-3-7-11/h8H,2-7,10H2,1H3. The molecule has 1 aliphatic heterocycles. The van der Waals surface area contributed by atoms with E-state index in [0.29, 0.717) is 6.04 Å². The second-order valence-corrected chi connectivity index (χ2v) is 4.15. The molecule has 2 aliphatic rings. The van der Waals surface area contributed by atoms with Crippen molar-refractivity contribution in [2.24, 2.45) is 5.73 Å². The summed E-state index contributed by atoms with van der Waals surface area (Å²) in [6.07, 6.45) is 5.23. The van der Waals surface area contributed by atoms with Crippen molar-refractivity contribution in [3.63, 3.8) is 0 Å². The van der Waals surface area contributed by atoms with E-state index < -0.39 is 0 Å². The van der Waals surface area contributed by atoms with Crippen LogP contribution in [-0.4, -0.2) is 29.6 Å². The first-order valence-electron chi connectivity index (χ1n) is 4.75. The minimum atomic E-state index is 0.199. The van der Waals surface area contributed by atoms with Crippen LogP contribution in [0.15, 0.2) is 0 Å². The molecule has 0 spiro atoms. The van der Waals surface area contributed by atoms with E-state index in [2.05, 4.69) is 11.8 Å². The third-order valence-corrected chi connectivity index (χ3v) is 3.35. The largest absolute Gasteiger partial charge is 0.324 e. The van der Waals surface area contributed by atoms with E-state index in [1.54, 1.807) is 0 Å². The highest BCUT2D eigenvalue weighted by Gasteiger charge is 2.46. The first-order chi connectivity index (χ1) is 5.22. The Bertz CT molecular complexity index is 146. The van der Waals surface area contributed by atoms with Crippen molar-refractivity contribution < 1.29 is 0 Å². The van der Waals surface area contributed by atoms with E-state index in [9.17, 15) is 0 Å². The van der Waals surface area contributed by atoms with E-state index in [0.717, 1.165) is 0 Å². The molecule has 11 heavy (non-hydrogen) atoms. The number of likely N-dealkylation sites (tertiary alicyclic amines) is 1. The molecule has 2 fully saturated rings. The van der Waals surface area contributed by atoms with Crippen molar-refractivity contribution in [1.29, 1.82) is 0 Å². The molecule has 0 aromatic heterocycles. The van der Waals surface area contributed by atoms with E-state index in [-0.39, 0.29) is 5.54 Å². The zero-order valence-electron chi connectivity index (χ0n) is 7.34. The van der Waals surface area contributed by atoms with Crippen LogP contribution in [0.3, 0.4) is 0 Å². The average Bonchev–Trinajstić information content (AvgIpc) is 2.54. The van der Waals surface area contributed by atoms with Gasteiger partial charge in [0.05, 0.1) is 0 Å². The molecular weight excluding hydrogens is 136 g/mol. The van der Waals surface area contributed by atoms with Crippen LogP contribution in [0.5, 0.6) is 0 Å². The number of nitrogens with zero attached hydrogens (tertiary/aromatic N) is 1. The molecule has 2 N–H and O–H groups in total. The molecule has 1 heterocycles. The molecule has 1 saturated heterocycles. The van der Waals surface area contributed by atoms with E-state index in [1.807, 2.05) is 0 Å². The van der Waals surface area contributed by atoms with Crippen molar-refractivity contribution in [3.05, 3.63) is 0 Å². The van der Waals surface area contributed by atoms with Gasteiger partial charge in [0.15, 0.2) is 0 Å². The molecule has 0 radical (unpaired) electrons. The Morgan fingerprint density at radius 1 is 1.27 bits per heavy atom. The topological polar surface area (TPSA) is 29.3 Å². The second kappa shape index (κ2) is 2.46. The summed E-state index contributed by atoms with van der Waals surface area (Å²) in [5.74, 6) is 0. The van der Waals surface area contributed by atoms with Crippen molar-refractivity contribution in [3.8, 4) is 0 Å². The van der Waals surface area contributed by atoms with E-state index in [4.69, 9.17) is 5.73 Å². The highest BCUT2D eigenvalue weighted by atomic mass is 15.2. The smallest absolute Gasteiger partial charge is 0.0310 e. The monoisotopic (exact) mass is 154 g/mol. The van der Waals surface area contributed by atoms with E-state index >= 15 is 0 Å². The number of hydrogen-bond acceptors (Lipinski definition) is 2. The lowest BCUT2D eigenvalue weighted by Crippen LogP contribution is -2.46. The Labute approximate surface area is 68.7 Å². The molecular formula is C9H18N2. The number of hydrogen-bond donors (Lipinski definition) is 1. The van der Waals surface area contributed by atoms with Crippen LogP contribution >= 0.6 is 0 Å². The fraction of sp³-hybridized carbons (Fsp3) is 1.00. The Balaban J connectivity index is 1.93. The molecule has 1 saturated carbocycles. The summed E-state index contributed by atoms with van der Waals surface area (Å²) in [7, 11) is 0. The summed E-state index contributed by atoms with van der Waals surface area (Å²) in [6, 6.07) is 0.630. The van der Waals surface area contributed by atoms with Gasteiger partial charge in [-0.05, 0) is 45.7 Å². The maximum absolute atomic E-state index is 6.13. The van der Waals surface area contributed by atoms with Gasteiger partial charge in [-0.3, -0.25) is 4.90 Å². The van der Waals surface area contributed by atoms with Crippen molar-refractivity contribution in [2.75, 3.05) is 13.1 Å². The van der Waals surface area contributed by atoms with Gasteiger partial charge in [0, 0.05) is 11.6 Å². The van der Waals surface area contributed by atoms with Gasteiger partial charge in [0.2, 0.25) is 0 Å². The van der Waals surface area contributed by atoms with Crippen molar-refractivity contribution in [1.82, 2.24) is 4.90 Å². The first kappa shape index (κ1) is 7.56. The van der Waals surface area contributed by atoms with Gasteiger partial charge in [-0.1, -0.05) is 0 Å². The quantitative estimate of drug-likeness (QED) is 0.642. The summed E-state index contributed by atoms with van der Waals surface area (Å²) >= 11 is 0. The summed E-state index contributed by atoms with van der Waals surface area (Å²) in [5, 5.41) is 0. The minimum Gasteiger partial charge on any atom is -0.324 e. The zero-order valence-corrected chi connectivity index (χ0v) is 7.34. The normalized spacial score (nSPS) is 32.2. The van der Waals surface area contributed by atoms with Crippen LogP contribution in [-0.2, 0) is 0 Å². The van der Waals surface area contributed by atoms with Gasteiger partial charge in [-0.2, -0.15) is 0 Å². The highest BCUT2D eigenvalue weighted by Crippen LogP contribution is 2.38. The summed E-state index contributed by atoms with van der Waals surface area (Å²) in [4.78, 5) is 2.55. The van der Waals surface area contributed by atoms with Crippen molar-refractivity contribution >= 4 is 0 Å². The van der Waals surface area contributed by atoms with Gasteiger partial charge in [0.25, 0.3) is 0 Å². The van der Waals surface area contributed by atoms with Crippen molar-refractivity contribution in [2.45, 2.75) is 44.2 Å². The average molecular weight is 154 g/mol. The number of nitrogens with two attached hydrogens (primary N) is 1. The molecule has 0 aromatic rings. The molecule has 64 valence electrons. The third-order valence-electron chi connectivity index (χ3n) is 3.35. The Kier molecular flexibility index (Phi) is 1.69. The lowest BCUT2D eigenvalue weighted by atomic mass is 10.1. The third kappa shape index (κ3) is 1.30. The lowest BCUT2D eigenvalue weighted by Gasteiger charge is -2.28. The molecule has 0 aromatic carbocycles. The van der Waals surface area contributed by atoms with Crippen LogP contribution < -0.4 is 5.73 Å². The van der Waals surface area contributed by atoms with Crippen LogP contribution in [0.25, 0.3) is 0 Å². The molecule has 1 aliphatic carbocycles. The van der Waals surface area contributed by atoms with Gasteiger partial charge < -0.3 is 5.73 Å². The molecule has 0 amide bonds. The summed E-state index contributed by atoms with van der Waals surface area (Å²) in [6.45, 7) is 4.85. The first-order valence-corrected chi connectivity index (χ1v) is 4.75.